The van der Waals surface area contributed by atoms with E-state index in [0.717, 1.165) is 18.2 Å². The van der Waals surface area contributed by atoms with Crippen LogP contribution in [-0.2, 0) is 14.6 Å². The maximum atomic E-state index is 11.8. The summed E-state index contributed by atoms with van der Waals surface area (Å²) in [5.74, 6) is 0. The number of pyridine rings is 1. The van der Waals surface area contributed by atoms with Gasteiger partial charge >= 0.3 is 0 Å². The van der Waals surface area contributed by atoms with Gasteiger partial charge in [0, 0.05) is 23.4 Å². The highest BCUT2D eigenvalue weighted by molar-refractivity contribution is 7.90. The van der Waals surface area contributed by atoms with Crippen molar-refractivity contribution in [2.24, 2.45) is 0 Å². The van der Waals surface area contributed by atoms with Crippen LogP contribution in [0.3, 0.4) is 0 Å². The minimum Gasteiger partial charge on any atom is -0.386 e. The molecule has 3 aromatic rings. The first kappa shape index (κ1) is 18.1. The zero-order valence-corrected chi connectivity index (χ0v) is 15.8. The Kier molecular flexibility index (Phi) is 4.71. The number of hydrogen-bond acceptors (Lipinski definition) is 6. The van der Waals surface area contributed by atoms with Gasteiger partial charge in [0.15, 0.2) is 15.5 Å². The average molecular weight is 387 g/mol. The number of aliphatic hydroxyl groups is 1. The Bertz CT molecular complexity index is 1070. The molecule has 1 aliphatic rings. The van der Waals surface area contributed by atoms with E-state index >= 15 is 0 Å². The third-order valence-electron chi connectivity index (χ3n) is 4.85. The van der Waals surface area contributed by atoms with Crippen molar-refractivity contribution in [1.82, 2.24) is 14.8 Å². The molecule has 1 aromatic carbocycles. The van der Waals surface area contributed by atoms with Crippen molar-refractivity contribution in [2.45, 2.75) is 36.4 Å². The lowest BCUT2D eigenvalue weighted by Gasteiger charge is -2.26. The first-order valence-corrected chi connectivity index (χ1v) is 10.7. The third kappa shape index (κ3) is 3.73. The van der Waals surface area contributed by atoms with Crippen LogP contribution in [0.5, 0.6) is 0 Å². The second-order valence-electron chi connectivity index (χ2n) is 6.91. The molecule has 27 heavy (non-hydrogen) atoms. The molecule has 8 heteroatoms. The summed E-state index contributed by atoms with van der Waals surface area (Å²) >= 11 is 0. The van der Waals surface area contributed by atoms with Crippen LogP contribution in [-0.4, -0.2) is 47.3 Å². The van der Waals surface area contributed by atoms with E-state index in [4.69, 9.17) is 4.74 Å². The molecule has 1 saturated carbocycles. The highest BCUT2D eigenvalue weighted by Crippen LogP contribution is 2.25. The van der Waals surface area contributed by atoms with E-state index in [1.165, 1.54) is 12.7 Å². The van der Waals surface area contributed by atoms with E-state index < -0.39 is 15.9 Å². The Morgan fingerprint density at radius 3 is 2.81 bits per heavy atom. The number of rotatable bonds is 6. The Labute approximate surface area is 157 Å². The fraction of sp³-hybridized carbons (Fsp3) is 0.368. The van der Waals surface area contributed by atoms with E-state index in [0.29, 0.717) is 16.9 Å². The lowest BCUT2D eigenvalue weighted by Crippen LogP contribution is -2.24. The molecule has 0 radical (unpaired) electrons. The number of hydrogen-bond donors (Lipinski definition) is 1. The van der Waals surface area contributed by atoms with Crippen molar-refractivity contribution in [3.63, 3.8) is 0 Å². The van der Waals surface area contributed by atoms with Gasteiger partial charge in [-0.25, -0.2) is 18.1 Å². The molecule has 0 spiro atoms. The van der Waals surface area contributed by atoms with Gasteiger partial charge < -0.3 is 9.84 Å². The summed E-state index contributed by atoms with van der Waals surface area (Å²) in [5.41, 5.74) is 1.88. The van der Waals surface area contributed by atoms with Crippen LogP contribution in [0, 0.1) is 0 Å². The fourth-order valence-corrected chi connectivity index (χ4v) is 3.68. The molecular weight excluding hydrogens is 366 g/mol. The second kappa shape index (κ2) is 7.03. The minimum absolute atomic E-state index is 0.226. The molecule has 1 N–H and O–H groups in total. The van der Waals surface area contributed by atoms with Crippen molar-refractivity contribution >= 4 is 20.9 Å². The monoisotopic (exact) mass is 387 g/mol. The van der Waals surface area contributed by atoms with Crippen molar-refractivity contribution in [3.05, 3.63) is 48.3 Å². The number of aliphatic hydroxyl groups excluding tert-OH is 1. The van der Waals surface area contributed by atoms with Gasteiger partial charge in [0.1, 0.15) is 6.10 Å². The Balaban J connectivity index is 1.61. The number of ether oxygens (including phenoxy) is 1. The van der Waals surface area contributed by atoms with E-state index in [1.54, 1.807) is 41.3 Å². The summed E-state index contributed by atoms with van der Waals surface area (Å²) < 4.78 is 30.8. The van der Waals surface area contributed by atoms with Gasteiger partial charge in [0.2, 0.25) is 0 Å². The highest BCUT2D eigenvalue weighted by Gasteiger charge is 2.20. The van der Waals surface area contributed by atoms with Crippen LogP contribution in [0.2, 0.25) is 0 Å². The quantitative estimate of drug-likeness (QED) is 0.698. The Hall–Kier alpha value is -2.29. The summed E-state index contributed by atoms with van der Waals surface area (Å²) in [4.78, 5) is 4.65. The molecule has 1 aliphatic carbocycles. The summed E-state index contributed by atoms with van der Waals surface area (Å²) in [7, 11) is -3.31. The van der Waals surface area contributed by atoms with Crippen LogP contribution in [0.25, 0.3) is 16.7 Å². The summed E-state index contributed by atoms with van der Waals surface area (Å²) in [5, 5.41) is 15.4. The second-order valence-corrected chi connectivity index (χ2v) is 8.93. The zero-order chi connectivity index (χ0) is 19.0. The molecule has 0 aliphatic heterocycles. The molecule has 0 bridgehead atoms. The molecule has 1 atom stereocenters. The molecular formula is C19H21N3O4S. The zero-order valence-electron chi connectivity index (χ0n) is 14.9. The fourth-order valence-electron chi connectivity index (χ4n) is 3.02. The van der Waals surface area contributed by atoms with Crippen molar-refractivity contribution in [2.75, 3.05) is 12.9 Å². The molecule has 0 amide bonds. The predicted octanol–water partition coefficient (Wildman–Crippen LogP) is 2.43. The number of benzene rings is 1. The lowest BCUT2D eigenvalue weighted by molar-refractivity contribution is -0.0427. The molecule has 7 nitrogen and oxygen atoms in total. The van der Waals surface area contributed by atoms with E-state index in [-0.39, 0.29) is 17.6 Å². The number of aromatic nitrogens is 3. The van der Waals surface area contributed by atoms with Crippen LogP contribution < -0.4 is 0 Å². The third-order valence-corrected chi connectivity index (χ3v) is 5.96. The van der Waals surface area contributed by atoms with Gasteiger partial charge in [-0.15, -0.1) is 0 Å². The molecule has 0 unspecified atom stereocenters. The van der Waals surface area contributed by atoms with Crippen LogP contribution in [0.1, 0.15) is 30.9 Å². The van der Waals surface area contributed by atoms with Gasteiger partial charge in [-0.3, -0.25) is 0 Å². The molecule has 2 aromatic heterocycles. The van der Waals surface area contributed by atoms with Crippen LogP contribution >= 0.6 is 0 Å². The summed E-state index contributed by atoms with van der Waals surface area (Å²) in [6.07, 6.45) is 7.26. The van der Waals surface area contributed by atoms with Crippen LogP contribution in [0.15, 0.2) is 47.6 Å². The Morgan fingerprint density at radius 1 is 1.30 bits per heavy atom. The topological polar surface area (TPSA) is 94.3 Å². The standard InChI is InChI=1S/C19H21N3O4S/c1-27(24,25)17-7-2-4-15(9-17)22-19-14(11-21-22)8-13(10-20-19)18(23)12-26-16-5-3-6-16/h2,4,7-11,16,18,23H,3,5-6,12H2,1H3/t18-/m0/s1. The van der Waals surface area contributed by atoms with E-state index in [9.17, 15) is 13.5 Å². The van der Waals surface area contributed by atoms with Crippen LogP contribution in [0.4, 0.5) is 0 Å². The maximum Gasteiger partial charge on any atom is 0.175 e. The van der Waals surface area contributed by atoms with E-state index in [1.807, 2.05) is 6.07 Å². The largest absolute Gasteiger partial charge is 0.386 e. The molecule has 0 saturated heterocycles. The number of nitrogens with zero attached hydrogens (tertiary/aromatic N) is 3. The lowest BCUT2D eigenvalue weighted by atomic mass is 9.96. The average Bonchev–Trinajstić information content (AvgIpc) is 3.03. The SMILES string of the molecule is CS(=O)(=O)c1cccc(-n2ncc3cc([C@@H](O)COC4CCC4)cnc32)c1. The summed E-state index contributed by atoms with van der Waals surface area (Å²) in [6.45, 7) is 0.252. The highest BCUT2D eigenvalue weighted by atomic mass is 32.2. The number of fused-ring (bicyclic) bond motifs is 1. The molecule has 142 valence electrons. The van der Waals surface area contributed by atoms with Crippen molar-refractivity contribution < 1.29 is 18.3 Å². The smallest absolute Gasteiger partial charge is 0.175 e. The maximum absolute atomic E-state index is 11.8. The van der Waals surface area contributed by atoms with Gasteiger partial charge in [0.25, 0.3) is 0 Å². The normalized spacial score (nSPS) is 16.4. The predicted molar refractivity (Wildman–Crippen MR) is 101 cm³/mol. The molecule has 1 fully saturated rings. The van der Waals surface area contributed by atoms with E-state index in [2.05, 4.69) is 10.1 Å². The van der Waals surface area contributed by atoms with Gasteiger partial charge in [0.05, 0.1) is 29.5 Å². The van der Waals surface area contributed by atoms with Gasteiger partial charge in [-0.2, -0.15) is 5.10 Å². The first-order valence-electron chi connectivity index (χ1n) is 8.85. The van der Waals surface area contributed by atoms with Crippen molar-refractivity contribution in [1.29, 1.82) is 0 Å². The molecule has 4 rings (SSSR count). The number of sulfone groups is 1. The van der Waals surface area contributed by atoms with Gasteiger partial charge in [-0.1, -0.05) is 6.07 Å². The summed E-state index contributed by atoms with van der Waals surface area (Å²) in [6, 6.07) is 8.40. The first-order chi connectivity index (χ1) is 12.9. The van der Waals surface area contributed by atoms with Gasteiger partial charge in [-0.05, 0) is 43.5 Å². The minimum atomic E-state index is -3.31. The molecule has 2 heterocycles. The van der Waals surface area contributed by atoms with Crippen molar-refractivity contribution in [3.8, 4) is 5.69 Å². The Morgan fingerprint density at radius 2 is 2.11 bits per heavy atom.